The Hall–Kier alpha value is -0.860. The van der Waals surface area contributed by atoms with Crippen molar-refractivity contribution < 1.29 is 5.11 Å². The highest BCUT2D eigenvalue weighted by Gasteiger charge is 2.30. The summed E-state index contributed by atoms with van der Waals surface area (Å²) in [6, 6.07) is 9.86. The summed E-state index contributed by atoms with van der Waals surface area (Å²) in [4.78, 5) is 0. The zero-order chi connectivity index (χ0) is 12.4. The fourth-order valence-corrected chi connectivity index (χ4v) is 3.66. The summed E-state index contributed by atoms with van der Waals surface area (Å²) in [6.45, 7) is 0.339. The standard InChI is InChI=1S/C16H23NO/c18-11-13-7-4-9-15(13)17-16-10-3-6-12-5-1-2-8-14(12)16/h1-2,5,8,13,15-18H,3-4,6-7,9-11H2. The van der Waals surface area contributed by atoms with E-state index in [1.807, 2.05) is 0 Å². The van der Waals surface area contributed by atoms with E-state index in [-0.39, 0.29) is 0 Å². The van der Waals surface area contributed by atoms with Gasteiger partial charge in [0.05, 0.1) is 0 Å². The van der Waals surface area contributed by atoms with Gasteiger partial charge in [-0.15, -0.1) is 0 Å². The first-order valence-corrected chi connectivity index (χ1v) is 7.33. The average molecular weight is 245 g/mol. The van der Waals surface area contributed by atoms with Crippen LogP contribution in [0.2, 0.25) is 0 Å². The van der Waals surface area contributed by atoms with Crippen LogP contribution in [0.25, 0.3) is 0 Å². The first kappa shape index (κ1) is 12.2. The maximum atomic E-state index is 9.42. The summed E-state index contributed by atoms with van der Waals surface area (Å²) in [5.41, 5.74) is 3.01. The van der Waals surface area contributed by atoms with Gasteiger partial charge < -0.3 is 10.4 Å². The lowest BCUT2D eigenvalue weighted by Crippen LogP contribution is -2.38. The Morgan fingerprint density at radius 2 is 2.00 bits per heavy atom. The van der Waals surface area contributed by atoms with Gasteiger partial charge in [0.25, 0.3) is 0 Å². The third-order valence-corrected chi connectivity index (χ3v) is 4.68. The van der Waals surface area contributed by atoms with Gasteiger partial charge in [0.2, 0.25) is 0 Å². The molecule has 2 aliphatic rings. The Morgan fingerprint density at radius 3 is 2.89 bits per heavy atom. The highest BCUT2D eigenvalue weighted by Crippen LogP contribution is 2.33. The molecule has 2 aliphatic carbocycles. The molecular weight excluding hydrogens is 222 g/mol. The molecule has 0 saturated heterocycles. The molecule has 3 unspecified atom stereocenters. The van der Waals surface area contributed by atoms with Crippen LogP contribution in [-0.2, 0) is 6.42 Å². The SMILES string of the molecule is OCC1CCCC1NC1CCCc2ccccc21. The number of aliphatic hydroxyl groups excluding tert-OH is 1. The van der Waals surface area contributed by atoms with Crippen molar-refractivity contribution in [2.24, 2.45) is 5.92 Å². The number of benzene rings is 1. The number of nitrogens with one attached hydrogen (secondary N) is 1. The van der Waals surface area contributed by atoms with E-state index in [1.165, 1.54) is 49.7 Å². The molecule has 2 N–H and O–H groups in total. The van der Waals surface area contributed by atoms with E-state index in [1.54, 1.807) is 0 Å². The van der Waals surface area contributed by atoms with Crippen LogP contribution in [0, 0.1) is 5.92 Å². The van der Waals surface area contributed by atoms with Gasteiger partial charge in [0.15, 0.2) is 0 Å². The first-order valence-electron chi connectivity index (χ1n) is 7.33. The van der Waals surface area contributed by atoms with E-state index in [4.69, 9.17) is 0 Å². The molecule has 3 rings (SSSR count). The first-order chi connectivity index (χ1) is 8.88. The molecule has 0 aromatic heterocycles. The molecule has 0 aliphatic heterocycles. The summed E-state index contributed by atoms with van der Waals surface area (Å²) in [5, 5.41) is 13.2. The minimum Gasteiger partial charge on any atom is -0.396 e. The van der Waals surface area contributed by atoms with E-state index >= 15 is 0 Å². The van der Waals surface area contributed by atoms with E-state index in [0.717, 1.165) is 0 Å². The molecule has 0 heterocycles. The number of rotatable bonds is 3. The molecule has 2 nitrogen and oxygen atoms in total. The minimum absolute atomic E-state index is 0.339. The highest BCUT2D eigenvalue weighted by molar-refractivity contribution is 5.32. The Kier molecular flexibility index (Phi) is 3.67. The third-order valence-electron chi connectivity index (χ3n) is 4.68. The van der Waals surface area contributed by atoms with Gasteiger partial charge in [-0.25, -0.2) is 0 Å². The number of hydrogen-bond donors (Lipinski definition) is 2. The van der Waals surface area contributed by atoms with Crippen LogP contribution < -0.4 is 5.32 Å². The second-order valence-electron chi connectivity index (χ2n) is 5.79. The predicted octanol–water partition coefficient (Wildman–Crippen LogP) is 2.81. The second kappa shape index (κ2) is 5.41. The van der Waals surface area contributed by atoms with Gasteiger partial charge in [-0.1, -0.05) is 30.7 Å². The summed E-state index contributed by atoms with van der Waals surface area (Å²) in [5.74, 6) is 0.471. The van der Waals surface area contributed by atoms with Crippen LogP contribution in [0.15, 0.2) is 24.3 Å². The molecule has 98 valence electrons. The Labute approximate surface area is 109 Å². The van der Waals surface area contributed by atoms with Crippen LogP contribution in [0.1, 0.15) is 49.3 Å². The van der Waals surface area contributed by atoms with Crippen molar-refractivity contribution in [2.75, 3.05) is 6.61 Å². The van der Waals surface area contributed by atoms with Crippen molar-refractivity contribution >= 4 is 0 Å². The van der Waals surface area contributed by atoms with E-state index in [9.17, 15) is 5.11 Å². The molecule has 0 spiro atoms. The maximum absolute atomic E-state index is 9.42. The summed E-state index contributed by atoms with van der Waals surface area (Å²) >= 11 is 0. The van der Waals surface area contributed by atoms with Gasteiger partial charge in [0, 0.05) is 18.7 Å². The fourth-order valence-electron chi connectivity index (χ4n) is 3.66. The van der Waals surface area contributed by atoms with E-state index in [2.05, 4.69) is 29.6 Å². The molecule has 0 bridgehead atoms. The van der Waals surface area contributed by atoms with Gasteiger partial charge in [-0.3, -0.25) is 0 Å². The minimum atomic E-state index is 0.339. The largest absolute Gasteiger partial charge is 0.396 e. The molecule has 1 aromatic rings. The van der Waals surface area contributed by atoms with Crippen LogP contribution in [0.3, 0.4) is 0 Å². The van der Waals surface area contributed by atoms with Crippen LogP contribution in [0.4, 0.5) is 0 Å². The topological polar surface area (TPSA) is 32.3 Å². The molecular formula is C16H23NO. The molecule has 3 atom stereocenters. The zero-order valence-corrected chi connectivity index (χ0v) is 10.9. The molecule has 2 heteroatoms. The average Bonchev–Trinajstić information content (AvgIpc) is 2.86. The molecule has 1 aromatic carbocycles. The number of fused-ring (bicyclic) bond motifs is 1. The van der Waals surface area contributed by atoms with Crippen molar-refractivity contribution in [3.63, 3.8) is 0 Å². The number of aliphatic hydroxyl groups is 1. The monoisotopic (exact) mass is 245 g/mol. The summed E-state index contributed by atoms with van der Waals surface area (Å²) < 4.78 is 0. The Bertz CT molecular complexity index is 404. The predicted molar refractivity (Wildman–Crippen MR) is 73.5 cm³/mol. The normalized spacial score (nSPS) is 31.3. The molecule has 0 amide bonds. The number of hydrogen-bond acceptors (Lipinski definition) is 2. The van der Waals surface area contributed by atoms with Crippen molar-refractivity contribution in [3.8, 4) is 0 Å². The molecule has 1 saturated carbocycles. The molecule has 0 radical (unpaired) electrons. The van der Waals surface area contributed by atoms with Crippen molar-refractivity contribution in [2.45, 2.75) is 50.6 Å². The van der Waals surface area contributed by atoms with E-state index < -0.39 is 0 Å². The van der Waals surface area contributed by atoms with Crippen LogP contribution in [-0.4, -0.2) is 17.8 Å². The quantitative estimate of drug-likeness (QED) is 0.858. The summed E-state index contributed by atoms with van der Waals surface area (Å²) in [7, 11) is 0. The Morgan fingerprint density at radius 1 is 1.11 bits per heavy atom. The Balaban J connectivity index is 1.74. The van der Waals surface area contributed by atoms with Gasteiger partial charge in [-0.05, 0) is 49.1 Å². The second-order valence-corrected chi connectivity index (χ2v) is 5.79. The number of aryl methyl sites for hydroxylation is 1. The van der Waals surface area contributed by atoms with Gasteiger partial charge in [0.1, 0.15) is 0 Å². The fraction of sp³-hybridized carbons (Fsp3) is 0.625. The third kappa shape index (κ3) is 2.32. The van der Waals surface area contributed by atoms with Crippen molar-refractivity contribution in [1.29, 1.82) is 0 Å². The lowest BCUT2D eigenvalue weighted by atomic mass is 9.87. The summed E-state index contributed by atoms with van der Waals surface area (Å²) in [6.07, 6.45) is 7.42. The van der Waals surface area contributed by atoms with Crippen molar-refractivity contribution in [1.82, 2.24) is 5.32 Å². The molecule has 1 fully saturated rings. The molecule has 18 heavy (non-hydrogen) atoms. The van der Waals surface area contributed by atoms with Crippen LogP contribution in [0.5, 0.6) is 0 Å². The lowest BCUT2D eigenvalue weighted by Gasteiger charge is -2.31. The zero-order valence-electron chi connectivity index (χ0n) is 10.9. The lowest BCUT2D eigenvalue weighted by molar-refractivity contribution is 0.197. The highest BCUT2D eigenvalue weighted by atomic mass is 16.3. The van der Waals surface area contributed by atoms with Crippen LogP contribution >= 0.6 is 0 Å². The van der Waals surface area contributed by atoms with Gasteiger partial charge in [-0.2, -0.15) is 0 Å². The van der Waals surface area contributed by atoms with Crippen molar-refractivity contribution in [3.05, 3.63) is 35.4 Å². The smallest absolute Gasteiger partial charge is 0.0474 e. The van der Waals surface area contributed by atoms with Gasteiger partial charge >= 0.3 is 0 Å². The maximum Gasteiger partial charge on any atom is 0.0474 e. The van der Waals surface area contributed by atoms with E-state index in [0.29, 0.717) is 24.6 Å².